The molecule has 5 nitrogen and oxygen atoms in total. The van der Waals surface area contributed by atoms with E-state index in [0.717, 1.165) is 49.9 Å². The van der Waals surface area contributed by atoms with E-state index in [1.807, 2.05) is 48.5 Å². The van der Waals surface area contributed by atoms with Crippen LogP contribution in [0, 0.1) is 0 Å². The Bertz CT molecular complexity index is 743. The summed E-state index contributed by atoms with van der Waals surface area (Å²) in [6.45, 7) is 4.25. The van der Waals surface area contributed by atoms with Crippen LogP contribution in [-0.4, -0.2) is 55.0 Å². The van der Waals surface area contributed by atoms with Gasteiger partial charge in [-0.15, -0.1) is 0 Å². The van der Waals surface area contributed by atoms with Gasteiger partial charge in [0, 0.05) is 36.6 Å². The van der Waals surface area contributed by atoms with Crippen molar-refractivity contribution in [2.24, 2.45) is 0 Å². The number of nitrogens with one attached hydrogen (secondary N) is 1. The third-order valence-corrected chi connectivity index (χ3v) is 5.52. The maximum absolute atomic E-state index is 12.4. The number of amides is 1. The predicted octanol–water partition coefficient (Wildman–Crippen LogP) is 3.56. The van der Waals surface area contributed by atoms with E-state index in [-0.39, 0.29) is 5.91 Å². The van der Waals surface area contributed by atoms with Gasteiger partial charge in [-0.3, -0.25) is 9.69 Å². The highest BCUT2D eigenvalue weighted by atomic mass is 32.2. The van der Waals surface area contributed by atoms with E-state index in [4.69, 9.17) is 4.74 Å². The van der Waals surface area contributed by atoms with Gasteiger partial charge in [-0.25, -0.2) is 0 Å². The molecule has 28 heavy (non-hydrogen) atoms. The Morgan fingerprint density at radius 3 is 2.46 bits per heavy atom. The van der Waals surface area contributed by atoms with Gasteiger partial charge in [0.05, 0.1) is 19.3 Å². The van der Waals surface area contributed by atoms with Gasteiger partial charge in [-0.1, -0.05) is 24.3 Å². The molecule has 0 bridgehead atoms. The summed E-state index contributed by atoms with van der Waals surface area (Å²) in [7, 11) is 0. The molecule has 1 unspecified atom stereocenters. The number of benzene rings is 2. The number of carbonyl (C=O) groups excluding carboxylic acids is 1. The molecule has 1 saturated heterocycles. The maximum Gasteiger partial charge on any atom is 0.255 e. The SMILES string of the molecule is CSCc1ccc(C(=O)Nc2ccc(C(O)CCN3CCOCC3)cc2)cc1. The minimum atomic E-state index is -0.503. The lowest BCUT2D eigenvalue weighted by Crippen LogP contribution is -2.37. The Balaban J connectivity index is 1.50. The molecule has 0 aromatic heterocycles. The van der Waals surface area contributed by atoms with Crippen LogP contribution in [0.25, 0.3) is 0 Å². The van der Waals surface area contributed by atoms with E-state index in [9.17, 15) is 9.90 Å². The highest BCUT2D eigenvalue weighted by molar-refractivity contribution is 7.97. The summed E-state index contributed by atoms with van der Waals surface area (Å²) in [5, 5.41) is 13.3. The first-order chi connectivity index (χ1) is 13.7. The molecule has 2 aromatic rings. The Hall–Kier alpha value is -1.86. The molecule has 3 rings (SSSR count). The molecule has 2 aromatic carbocycles. The number of hydrogen-bond acceptors (Lipinski definition) is 5. The van der Waals surface area contributed by atoms with Gasteiger partial charge in [-0.05, 0) is 48.1 Å². The third kappa shape index (κ3) is 6.07. The van der Waals surface area contributed by atoms with Crippen LogP contribution in [0.15, 0.2) is 48.5 Å². The molecule has 6 heteroatoms. The van der Waals surface area contributed by atoms with Crippen molar-refractivity contribution < 1.29 is 14.6 Å². The van der Waals surface area contributed by atoms with Crippen molar-refractivity contribution in [3.8, 4) is 0 Å². The average molecular weight is 401 g/mol. The van der Waals surface area contributed by atoms with Gasteiger partial charge >= 0.3 is 0 Å². The van der Waals surface area contributed by atoms with Crippen molar-refractivity contribution in [2.75, 3.05) is 44.4 Å². The second-order valence-corrected chi connectivity index (χ2v) is 7.83. The van der Waals surface area contributed by atoms with Crippen LogP contribution in [0.3, 0.4) is 0 Å². The van der Waals surface area contributed by atoms with Gasteiger partial charge < -0.3 is 15.2 Å². The second-order valence-electron chi connectivity index (χ2n) is 6.96. The summed E-state index contributed by atoms with van der Waals surface area (Å²) in [5.41, 5.74) is 3.44. The zero-order chi connectivity index (χ0) is 19.8. The summed E-state index contributed by atoms with van der Waals surface area (Å²) >= 11 is 1.76. The zero-order valence-corrected chi connectivity index (χ0v) is 17.1. The smallest absolute Gasteiger partial charge is 0.255 e. The molecule has 2 N–H and O–H groups in total. The molecule has 1 aliphatic rings. The van der Waals surface area contributed by atoms with E-state index in [0.29, 0.717) is 12.0 Å². The van der Waals surface area contributed by atoms with Crippen LogP contribution in [0.5, 0.6) is 0 Å². The van der Waals surface area contributed by atoms with Gasteiger partial charge in [0.15, 0.2) is 0 Å². The largest absolute Gasteiger partial charge is 0.388 e. The van der Waals surface area contributed by atoms with Gasteiger partial charge in [0.1, 0.15) is 0 Å². The van der Waals surface area contributed by atoms with Crippen molar-refractivity contribution in [2.45, 2.75) is 18.3 Å². The molecule has 1 amide bonds. The number of ether oxygens (including phenoxy) is 1. The number of anilines is 1. The number of rotatable bonds is 8. The highest BCUT2D eigenvalue weighted by Crippen LogP contribution is 2.20. The topological polar surface area (TPSA) is 61.8 Å². The monoisotopic (exact) mass is 400 g/mol. The van der Waals surface area contributed by atoms with Gasteiger partial charge in [0.25, 0.3) is 5.91 Å². The van der Waals surface area contributed by atoms with Crippen LogP contribution in [0.1, 0.15) is 34.0 Å². The lowest BCUT2D eigenvalue weighted by atomic mass is 10.1. The summed E-state index contributed by atoms with van der Waals surface area (Å²) in [6, 6.07) is 15.1. The lowest BCUT2D eigenvalue weighted by molar-refractivity contribution is 0.0300. The Kier molecular flexibility index (Phi) is 7.91. The maximum atomic E-state index is 12.4. The molecule has 0 aliphatic carbocycles. The molecule has 1 atom stereocenters. The van der Waals surface area contributed by atoms with Crippen molar-refractivity contribution in [1.82, 2.24) is 4.90 Å². The molecular weight excluding hydrogens is 372 g/mol. The normalized spacial score (nSPS) is 15.9. The predicted molar refractivity (Wildman–Crippen MR) is 115 cm³/mol. The first-order valence-electron chi connectivity index (χ1n) is 9.63. The van der Waals surface area contributed by atoms with E-state index in [2.05, 4.69) is 16.5 Å². The first kappa shape index (κ1) is 20.9. The standard InChI is InChI=1S/C22H28N2O3S/c1-28-16-17-2-4-19(5-3-17)22(26)23-20-8-6-18(7-9-20)21(25)10-11-24-12-14-27-15-13-24/h2-9,21,25H,10-16H2,1H3,(H,23,26). The fourth-order valence-electron chi connectivity index (χ4n) is 3.21. The third-order valence-electron chi connectivity index (χ3n) is 4.90. The Labute approximate surface area is 171 Å². The molecule has 1 aliphatic heterocycles. The summed E-state index contributed by atoms with van der Waals surface area (Å²) in [5.74, 6) is 0.813. The second kappa shape index (κ2) is 10.6. The molecular formula is C22H28N2O3S. The quantitative estimate of drug-likeness (QED) is 0.710. The van der Waals surface area contributed by atoms with E-state index >= 15 is 0 Å². The zero-order valence-electron chi connectivity index (χ0n) is 16.3. The Morgan fingerprint density at radius 1 is 1.14 bits per heavy atom. The van der Waals surface area contributed by atoms with Crippen LogP contribution < -0.4 is 5.32 Å². The van der Waals surface area contributed by atoms with E-state index in [1.165, 1.54) is 5.56 Å². The van der Waals surface area contributed by atoms with Crippen LogP contribution >= 0.6 is 11.8 Å². The van der Waals surface area contributed by atoms with Crippen molar-refractivity contribution in [3.05, 3.63) is 65.2 Å². The van der Waals surface area contributed by atoms with Crippen LogP contribution in [-0.2, 0) is 10.5 Å². The van der Waals surface area contributed by atoms with E-state index in [1.54, 1.807) is 11.8 Å². The Morgan fingerprint density at radius 2 is 1.82 bits per heavy atom. The van der Waals surface area contributed by atoms with Crippen molar-refractivity contribution in [3.63, 3.8) is 0 Å². The summed E-state index contributed by atoms with van der Waals surface area (Å²) < 4.78 is 5.34. The minimum Gasteiger partial charge on any atom is -0.388 e. The fourth-order valence-corrected chi connectivity index (χ4v) is 3.73. The van der Waals surface area contributed by atoms with Gasteiger partial charge in [-0.2, -0.15) is 11.8 Å². The number of nitrogens with zero attached hydrogens (tertiary/aromatic N) is 1. The molecule has 150 valence electrons. The van der Waals surface area contributed by atoms with Crippen LogP contribution in [0.2, 0.25) is 0 Å². The number of aliphatic hydroxyl groups is 1. The molecule has 0 radical (unpaired) electrons. The lowest BCUT2D eigenvalue weighted by Gasteiger charge is -2.27. The van der Waals surface area contributed by atoms with Crippen molar-refractivity contribution in [1.29, 1.82) is 0 Å². The summed E-state index contributed by atoms with van der Waals surface area (Å²) in [4.78, 5) is 14.7. The molecule has 1 heterocycles. The van der Waals surface area contributed by atoms with Gasteiger partial charge in [0.2, 0.25) is 0 Å². The van der Waals surface area contributed by atoms with E-state index < -0.39 is 6.10 Å². The number of aliphatic hydroxyl groups excluding tert-OH is 1. The number of carbonyl (C=O) groups is 1. The van der Waals surface area contributed by atoms with Crippen molar-refractivity contribution >= 4 is 23.4 Å². The number of thioether (sulfide) groups is 1. The first-order valence-corrected chi connectivity index (χ1v) is 11.0. The highest BCUT2D eigenvalue weighted by Gasteiger charge is 2.14. The fraction of sp³-hybridized carbons (Fsp3) is 0.409. The minimum absolute atomic E-state index is 0.128. The average Bonchev–Trinajstić information content (AvgIpc) is 2.74. The molecule has 0 spiro atoms. The van der Waals surface area contributed by atoms with Crippen LogP contribution in [0.4, 0.5) is 5.69 Å². The summed E-state index contributed by atoms with van der Waals surface area (Å²) in [6.07, 6.45) is 2.24. The molecule has 0 saturated carbocycles. The number of morpholine rings is 1. The number of hydrogen-bond donors (Lipinski definition) is 2. The molecule has 1 fully saturated rings.